The molecule has 182 valence electrons. The van der Waals surface area contributed by atoms with E-state index in [0.29, 0.717) is 42.8 Å². The van der Waals surface area contributed by atoms with Crippen molar-refractivity contribution in [1.29, 1.82) is 0 Å². The maximum atomic E-state index is 12.9. The van der Waals surface area contributed by atoms with Crippen molar-refractivity contribution >= 4 is 17.4 Å². The number of anilines is 1. The number of aliphatic carboxylic acids is 1. The van der Waals surface area contributed by atoms with E-state index in [2.05, 4.69) is 23.7 Å². The summed E-state index contributed by atoms with van der Waals surface area (Å²) in [4.78, 5) is 22.5. The number of nitrogens with zero attached hydrogens (tertiary/aromatic N) is 5. The topological polar surface area (TPSA) is 83.6 Å². The molecule has 0 bridgehead atoms. The van der Waals surface area contributed by atoms with Gasteiger partial charge in [0.2, 0.25) is 0 Å². The molecule has 3 aromatic rings. The van der Waals surface area contributed by atoms with Gasteiger partial charge < -0.3 is 10.0 Å². The normalized spacial score (nSPS) is 19.2. The highest BCUT2D eigenvalue weighted by atomic mass is 19.4. The quantitative estimate of drug-likeness (QED) is 0.538. The first-order valence-electron chi connectivity index (χ1n) is 11.4. The lowest BCUT2D eigenvalue weighted by molar-refractivity contribution is -0.149. The predicted molar refractivity (Wildman–Crippen MR) is 122 cm³/mol. The lowest BCUT2D eigenvalue weighted by Crippen LogP contribution is -2.48. The van der Waals surface area contributed by atoms with Crippen molar-refractivity contribution in [2.45, 2.75) is 59.1 Å². The number of aryl methyl sites for hydroxylation is 1. The molecule has 0 unspecified atom stereocenters. The highest BCUT2D eigenvalue weighted by Crippen LogP contribution is 2.39. The van der Waals surface area contributed by atoms with E-state index in [9.17, 15) is 23.1 Å². The first-order chi connectivity index (χ1) is 16.0. The molecule has 3 aromatic heterocycles. The summed E-state index contributed by atoms with van der Waals surface area (Å²) in [6.45, 7) is 8.96. The maximum Gasteiger partial charge on any atom is 0.433 e. The zero-order chi connectivity index (χ0) is 24.8. The van der Waals surface area contributed by atoms with Crippen LogP contribution in [0.15, 0.2) is 24.4 Å². The number of alkyl halides is 3. The molecule has 4 rings (SSSR count). The second-order valence-electron chi connectivity index (χ2n) is 9.28. The lowest BCUT2D eigenvalue weighted by atomic mass is 9.77. The van der Waals surface area contributed by atoms with Gasteiger partial charge in [0.1, 0.15) is 11.5 Å². The third-order valence-electron chi connectivity index (χ3n) is 6.74. The van der Waals surface area contributed by atoms with E-state index in [1.54, 1.807) is 10.6 Å². The summed E-state index contributed by atoms with van der Waals surface area (Å²) in [7, 11) is 0. The van der Waals surface area contributed by atoms with Crippen LogP contribution in [-0.4, -0.2) is 43.7 Å². The van der Waals surface area contributed by atoms with E-state index in [4.69, 9.17) is 10.1 Å². The number of carboxylic acids is 1. The molecule has 4 heterocycles. The molecule has 0 saturated carbocycles. The van der Waals surface area contributed by atoms with Crippen molar-refractivity contribution in [3.05, 3.63) is 41.3 Å². The van der Waals surface area contributed by atoms with Crippen LogP contribution in [0.5, 0.6) is 0 Å². The summed E-state index contributed by atoms with van der Waals surface area (Å²) in [5.74, 6) is 0.0993. The second-order valence-corrected chi connectivity index (χ2v) is 9.28. The minimum absolute atomic E-state index is 0.107. The van der Waals surface area contributed by atoms with Gasteiger partial charge in [-0.3, -0.25) is 9.78 Å². The largest absolute Gasteiger partial charge is 0.481 e. The molecule has 1 saturated heterocycles. The molecule has 0 amide bonds. The average Bonchev–Trinajstić information content (AvgIpc) is 3.20. The van der Waals surface area contributed by atoms with Crippen LogP contribution in [0.2, 0.25) is 0 Å². The summed E-state index contributed by atoms with van der Waals surface area (Å²) < 4.78 is 40.5. The molecule has 1 atom stereocenters. The fourth-order valence-electron chi connectivity index (χ4n) is 4.88. The Bertz CT molecular complexity index is 1220. The molecule has 1 N–H and O–H groups in total. The van der Waals surface area contributed by atoms with E-state index in [-0.39, 0.29) is 5.92 Å². The number of carboxylic acid groups (broad SMARTS) is 1. The molecule has 1 aliphatic rings. The Labute approximate surface area is 195 Å². The molecule has 1 fully saturated rings. The number of fused-ring (bicyclic) bond motifs is 1. The highest BCUT2D eigenvalue weighted by Gasteiger charge is 2.42. The highest BCUT2D eigenvalue weighted by molar-refractivity contribution is 5.76. The number of carbonyl (C=O) groups is 1. The summed E-state index contributed by atoms with van der Waals surface area (Å²) in [5, 5.41) is 14.7. The van der Waals surface area contributed by atoms with Crippen LogP contribution in [0.25, 0.3) is 16.9 Å². The van der Waals surface area contributed by atoms with Crippen molar-refractivity contribution in [2.75, 3.05) is 18.0 Å². The monoisotopic (exact) mass is 475 g/mol. The van der Waals surface area contributed by atoms with Crippen molar-refractivity contribution in [1.82, 2.24) is 19.6 Å². The lowest BCUT2D eigenvalue weighted by Gasteiger charge is -2.41. The second kappa shape index (κ2) is 8.56. The molecule has 1 aliphatic heterocycles. The number of pyridine rings is 1. The zero-order valence-corrected chi connectivity index (χ0v) is 19.6. The fraction of sp³-hybridized carbons (Fsp3) is 0.500. The van der Waals surface area contributed by atoms with Gasteiger partial charge in [-0.05, 0) is 44.2 Å². The standard InChI is InChI=1S/C24H28F3N5O2/c1-5-23(22(33)34)9-6-10-31(13-23)21-20(14(2)3)15(4)29-19-11-17(30-32(19)21)16-7-8-18(28-12-16)24(25,26)27/h7-8,11-12,14H,5-6,9-10,13H2,1-4H3,(H,33,34)/t23-/m0/s1. The van der Waals surface area contributed by atoms with Gasteiger partial charge in [0.15, 0.2) is 5.65 Å². The summed E-state index contributed by atoms with van der Waals surface area (Å²) >= 11 is 0. The fourth-order valence-corrected chi connectivity index (χ4v) is 4.88. The Kier molecular flexibility index (Phi) is 6.03. The first-order valence-corrected chi connectivity index (χ1v) is 11.4. The van der Waals surface area contributed by atoms with E-state index >= 15 is 0 Å². The van der Waals surface area contributed by atoms with Crippen LogP contribution in [0, 0.1) is 12.3 Å². The van der Waals surface area contributed by atoms with Gasteiger partial charge >= 0.3 is 12.1 Å². The summed E-state index contributed by atoms with van der Waals surface area (Å²) in [5.41, 5.74) is 1.43. The van der Waals surface area contributed by atoms with Gasteiger partial charge in [-0.25, -0.2) is 4.98 Å². The number of rotatable bonds is 5. The van der Waals surface area contributed by atoms with E-state index in [1.807, 2.05) is 13.8 Å². The molecular formula is C24H28F3N5O2. The number of halogens is 3. The number of hydrogen-bond acceptors (Lipinski definition) is 5. The van der Waals surface area contributed by atoms with Gasteiger partial charge in [-0.15, -0.1) is 0 Å². The number of aromatic nitrogens is 4. The minimum atomic E-state index is -4.51. The third-order valence-corrected chi connectivity index (χ3v) is 6.74. The van der Waals surface area contributed by atoms with Crippen molar-refractivity contribution < 1.29 is 23.1 Å². The van der Waals surface area contributed by atoms with Crippen LogP contribution in [-0.2, 0) is 11.0 Å². The van der Waals surface area contributed by atoms with Gasteiger partial charge in [0.25, 0.3) is 0 Å². The van der Waals surface area contributed by atoms with Crippen LogP contribution in [0.1, 0.15) is 62.9 Å². The Morgan fingerprint density at radius 1 is 1.29 bits per heavy atom. The van der Waals surface area contributed by atoms with Gasteiger partial charge in [-0.2, -0.15) is 22.8 Å². The van der Waals surface area contributed by atoms with Crippen LogP contribution in [0.3, 0.4) is 0 Å². The first kappa shape index (κ1) is 24.0. The number of hydrogen-bond donors (Lipinski definition) is 1. The molecule has 34 heavy (non-hydrogen) atoms. The molecule has 0 aromatic carbocycles. The van der Waals surface area contributed by atoms with Crippen LogP contribution < -0.4 is 4.90 Å². The molecule has 7 nitrogen and oxygen atoms in total. The van der Waals surface area contributed by atoms with Gasteiger partial charge in [0, 0.05) is 42.2 Å². The zero-order valence-electron chi connectivity index (χ0n) is 19.6. The van der Waals surface area contributed by atoms with E-state index in [0.717, 1.165) is 35.8 Å². The van der Waals surface area contributed by atoms with E-state index < -0.39 is 23.3 Å². The predicted octanol–water partition coefficient (Wildman–Crippen LogP) is 5.32. The van der Waals surface area contributed by atoms with Crippen molar-refractivity contribution in [3.63, 3.8) is 0 Å². The van der Waals surface area contributed by atoms with Gasteiger partial charge in [-0.1, -0.05) is 20.8 Å². The van der Waals surface area contributed by atoms with Crippen molar-refractivity contribution in [2.24, 2.45) is 5.41 Å². The Hall–Kier alpha value is -3.17. The van der Waals surface area contributed by atoms with Crippen molar-refractivity contribution in [3.8, 4) is 11.3 Å². The average molecular weight is 476 g/mol. The van der Waals surface area contributed by atoms with Crippen LogP contribution in [0.4, 0.5) is 19.0 Å². The minimum Gasteiger partial charge on any atom is -0.481 e. The Balaban J connectivity index is 1.86. The molecule has 0 aliphatic carbocycles. The summed E-state index contributed by atoms with van der Waals surface area (Å²) in [6.07, 6.45) is -1.49. The third kappa shape index (κ3) is 4.10. The summed E-state index contributed by atoms with van der Waals surface area (Å²) in [6, 6.07) is 4.01. The Morgan fingerprint density at radius 2 is 2.03 bits per heavy atom. The number of piperidine rings is 1. The molecule has 10 heteroatoms. The molecule has 0 spiro atoms. The molecule has 0 radical (unpaired) electrons. The van der Waals surface area contributed by atoms with Crippen LogP contribution >= 0.6 is 0 Å². The molecular weight excluding hydrogens is 447 g/mol. The Morgan fingerprint density at radius 3 is 2.59 bits per heavy atom. The smallest absolute Gasteiger partial charge is 0.433 e. The SMILES string of the molecule is CC[C@]1(C(=O)O)CCCN(c2c(C(C)C)c(C)nc3cc(-c4ccc(C(F)(F)F)nc4)nn23)C1. The van der Waals surface area contributed by atoms with Gasteiger partial charge in [0.05, 0.1) is 11.1 Å². The maximum absolute atomic E-state index is 12.9. The van der Waals surface area contributed by atoms with E-state index in [1.165, 1.54) is 6.07 Å².